The molecule has 1 aliphatic rings. The summed E-state index contributed by atoms with van der Waals surface area (Å²) in [6.07, 6.45) is 6.33. The first-order chi connectivity index (χ1) is 10.7. The molecule has 4 heteroatoms. The van der Waals surface area contributed by atoms with Gasteiger partial charge in [-0.3, -0.25) is 4.79 Å². The van der Waals surface area contributed by atoms with E-state index in [2.05, 4.69) is 23.3 Å². The Morgan fingerprint density at radius 1 is 1.32 bits per heavy atom. The lowest BCUT2D eigenvalue weighted by Gasteiger charge is -2.27. The van der Waals surface area contributed by atoms with Crippen LogP contribution in [0.15, 0.2) is 24.4 Å². The van der Waals surface area contributed by atoms with Gasteiger partial charge in [0.25, 0.3) is 0 Å². The van der Waals surface area contributed by atoms with Crippen molar-refractivity contribution in [2.24, 2.45) is 5.92 Å². The number of nitrogens with one attached hydrogen (secondary N) is 2. The molecule has 1 heterocycles. The van der Waals surface area contributed by atoms with Crippen molar-refractivity contribution < 1.29 is 9.90 Å². The third kappa shape index (κ3) is 3.17. The van der Waals surface area contributed by atoms with Gasteiger partial charge in [0.2, 0.25) is 5.91 Å². The zero-order valence-corrected chi connectivity index (χ0v) is 13.1. The highest BCUT2D eigenvalue weighted by atomic mass is 16.3. The third-order valence-corrected chi connectivity index (χ3v) is 4.82. The quantitative estimate of drug-likeness (QED) is 0.813. The van der Waals surface area contributed by atoms with Crippen molar-refractivity contribution in [1.82, 2.24) is 10.3 Å². The summed E-state index contributed by atoms with van der Waals surface area (Å²) in [4.78, 5) is 15.6. The summed E-state index contributed by atoms with van der Waals surface area (Å²) in [5, 5.41) is 13.5. The molecule has 0 aliphatic heterocycles. The smallest absolute Gasteiger partial charge is 0.224 e. The van der Waals surface area contributed by atoms with Crippen LogP contribution in [0.5, 0.6) is 0 Å². The predicted octanol–water partition coefficient (Wildman–Crippen LogP) is 2.69. The first-order valence-electron chi connectivity index (χ1n) is 8.13. The molecule has 0 atom stereocenters. The van der Waals surface area contributed by atoms with Gasteiger partial charge in [-0.1, -0.05) is 12.1 Å². The average molecular weight is 300 g/mol. The van der Waals surface area contributed by atoms with Crippen LogP contribution in [-0.4, -0.2) is 28.6 Å². The lowest BCUT2D eigenvalue weighted by molar-refractivity contribution is -0.121. The molecule has 118 valence electrons. The van der Waals surface area contributed by atoms with Gasteiger partial charge in [0.15, 0.2) is 0 Å². The van der Waals surface area contributed by atoms with Gasteiger partial charge in [-0.15, -0.1) is 0 Å². The number of aliphatic hydroxyl groups is 1. The van der Waals surface area contributed by atoms with Crippen molar-refractivity contribution in [3.8, 4) is 0 Å². The fraction of sp³-hybridized carbons (Fsp3) is 0.500. The van der Waals surface area contributed by atoms with E-state index in [-0.39, 0.29) is 18.6 Å². The standard InChI is InChI=1S/C18H24N2O2/c1-12-3-2-4-16-18(12)14(10-19-16)9-17(22)20-15-7-5-13(11-21)6-8-15/h2-4,10,13,15,19,21H,5-9,11H2,1H3,(H,20,22). The van der Waals surface area contributed by atoms with Crippen molar-refractivity contribution in [2.75, 3.05) is 6.61 Å². The summed E-state index contributed by atoms with van der Waals surface area (Å²) in [7, 11) is 0. The predicted molar refractivity (Wildman–Crippen MR) is 87.7 cm³/mol. The Labute approximate surface area is 130 Å². The van der Waals surface area contributed by atoms with Crippen LogP contribution in [0.3, 0.4) is 0 Å². The van der Waals surface area contributed by atoms with E-state index in [1.54, 1.807) is 0 Å². The van der Waals surface area contributed by atoms with Gasteiger partial charge < -0.3 is 15.4 Å². The van der Waals surface area contributed by atoms with Crippen LogP contribution in [0.2, 0.25) is 0 Å². The molecule has 3 N–H and O–H groups in total. The third-order valence-electron chi connectivity index (χ3n) is 4.82. The Bertz CT molecular complexity index is 654. The number of rotatable bonds is 4. The Kier molecular flexibility index (Phi) is 4.48. The fourth-order valence-corrected chi connectivity index (χ4v) is 3.53. The topological polar surface area (TPSA) is 65.1 Å². The molecule has 4 nitrogen and oxygen atoms in total. The highest BCUT2D eigenvalue weighted by molar-refractivity contribution is 5.91. The van der Waals surface area contributed by atoms with Crippen molar-refractivity contribution in [2.45, 2.75) is 45.1 Å². The minimum absolute atomic E-state index is 0.0941. The molecule has 3 rings (SSSR count). The van der Waals surface area contributed by atoms with E-state index in [1.165, 1.54) is 10.9 Å². The van der Waals surface area contributed by atoms with E-state index in [1.807, 2.05) is 18.3 Å². The van der Waals surface area contributed by atoms with Crippen LogP contribution in [0.25, 0.3) is 10.9 Å². The average Bonchev–Trinajstić information content (AvgIpc) is 2.92. The molecule has 2 aromatic rings. The van der Waals surface area contributed by atoms with Crippen LogP contribution in [0.1, 0.15) is 36.8 Å². The number of aromatic amines is 1. The molecule has 0 saturated heterocycles. The molecular formula is C18H24N2O2. The molecule has 0 spiro atoms. The first-order valence-corrected chi connectivity index (χ1v) is 8.13. The number of aliphatic hydroxyl groups excluding tert-OH is 1. The number of amides is 1. The van der Waals surface area contributed by atoms with Crippen LogP contribution >= 0.6 is 0 Å². The lowest BCUT2D eigenvalue weighted by Crippen LogP contribution is -2.38. The monoisotopic (exact) mass is 300 g/mol. The number of hydrogen-bond acceptors (Lipinski definition) is 2. The largest absolute Gasteiger partial charge is 0.396 e. The van der Waals surface area contributed by atoms with Crippen molar-refractivity contribution in [3.63, 3.8) is 0 Å². The molecule has 1 amide bonds. The Morgan fingerprint density at radius 3 is 2.82 bits per heavy atom. The van der Waals surface area contributed by atoms with Gasteiger partial charge >= 0.3 is 0 Å². The zero-order chi connectivity index (χ0) is 15.5. The molecule has 1 saturated carbocycles. The van der Waals surface area contributed by atoms with Crippen molar-refractivity contribution >= 4 is 16.8 Å². The van der Waals surface area contributed by atoms with E-state index in [0.717, 1.165) is 36.8 Å². The minimum Gasteiger partial charge on any atom is -0.396 e. The second-order valence-corrected chi connectivity index (χ2v) is 6.46. The van der Waals surface area contributed by atoms with Crippen LogP contribution in [0.4, 0.5) is 0 Å². The second-order valence-electron chi connectivity index (χ2n) is 6.46. The van der Waals surface area contributed by atoms with Gasteiger partial charge in [-0.2, -0.15) is 0 Å². The highest BCUT2D eigenvalue weighted by Crippen LogP contribution is 2.25. The van der Waals surface area contributed by atoms with Crippen molar-refractivity contribution in [1.29, 1.82) is 0 Å². The summed E-state index contributed by atoms with van der Waals surface area (Å²) < 4.78 is 0. The zero-order valence-electron chi connectivity index (χ0n) is 13.1. The van der Waals surface area contributed by atoms with Gasteiger partial charge in [0.05, 0.1) is 6.42 Å². The van der Waals surface area contributed by atoms with Gasteiger partial charge in [0.1, 0.15) is 0 Å². The van der Waals surface area contributed by atoms with E-state index >= 15 is 0 Å². The summed E-state index contributed by atoms with van der Waals surface area (Å²) in [6, 6.07) is 6.41. The molecule has 0 bridgehead atoms. The molecule has 1 aromatic heterocycles. The summed E-state index contributed by atoms with van der Waals surface area (Å²) in [6.45, 7) is 2.35. The second kappa shape index (κ2) is 6.53. The normalized spacial score (nSPS) is 21.9. The Balaban J connectivity index is 1.62. The maximum absolute atomic E-state index is 12.3. The molecule has 1 fully saturated rings. The number of carbonyl (C=O) groups excluding carboxylic acids is 1. The molecule has 1 aromatic carbocycles. The van der Waals surface area contributed by atoms with Crippen molar-refractivity contribution in [3.05, 3.63) is 35.5 Å². The first kappa shape index (κ1) is 15.1. The van der Waals surface area contributed by atoms with Crippen LogP contribution in [0, 0.1) is 12.8 Å². The van der Waals surface area contributed by atoms with Crippen LogP contribution < -0.4 is 5.32 Å². The van der Waals surface area contributed by atoms with E-state index in [4.69, 9.17) is 5.11 Å². The molecule has 0 radical (unpaired) electrons. The summed E-state index contributed by atoms with van der Waals surface area (Å²) in [5.74, 6) is 0.515. The Hall–Kier alpha value is -1.81. The number of carbonyl (C=O) groups is 1. The number of hydrogen-bond donors (Lipinski definition) is 3. The maximum Gasteiger partial charge on any atom is 0.224 e. The maximum atomic E-state index is 12.3. The molecule has 22 heavy (non-hydrogen) atoms. The number of fused-ring (bicyclic) bond motifs is 1. The molecular weight excluding hydrogens is 276 g/mol. The number of benzene rings is 1. The molecule has 1 aliphatic carbocycles. The fourth-order valence-electron chi connectivity index (χ4n) is 3.53. The van der Waals surface area contributed by atoms with Gasteiger partial charge in [-0.05, 0) is 55.7 Å². The SMILES string of the molecule is Cc1cccc2[nH]cc(CC(=O)NC3CCC(CO)CC3)c12. The number of H-pyrrole nitrogens is 1. The lowest BCUT2D eigenvalue weighted by atomic mass is 9.86. The van der Waals surface area contributed by atoms with E-state index < -0.39 is 0 Å². The van der Waals surface area contributed by atoms with Crippen LogP contribution in [-0.2, 0) is 11.2 Å². The number of aryl methyl sites for hydroxylation is 1. The number of aromatic nitrogens is 1. The highest BCUT2D eigenvalue weighted by Gasteiger charge is 2.22. The van der Waals surface area contributed by atoms with Gasteiger partial charge in [0, 0.05) is 29.7 Å². The Morgan fingerprint density at radius 2 is 2.09 bits per heavy atom. The van der Waals surface area contributed by atoms with Gasteiger partial charge in [-0.25, -0.2) is 0 Å². The summed E-state index contributed by atoms with van der Waals surface area (Å²) in [5.41, 5.74) is 3.35. The minimum atomic E-state index is 0.0941. The molecule has 0 unspecified atom stereocenters. The van der Waals surface area contributed by atoms with E-state index in [0.29, 0.717) is 12.3 Å². The van der Waals surface area contributed by atoms with E-state index in [9.17, 15) is 4.79 Å². The summed E-state index contributed by atoms with van der Waals surface area (Å²) >= 11 is 0.